The number of carbonyl (C=O) groups is 1. The van der Waals surface area contributed by atoms with Crippen LogP contribution in [0.3, 0.4) is 0 Å². The second-order valence-electron chi connectivity index (χ2n) is 4.53. The third-order valence-electron chi connectivity index (χ3n) is 2.95. The summed E-state index contributed by atoms with van der Waals surface area (Å²) in [4.78, 5) is 16.3. The standard InChI is InChI=1S/C15H15ClN2O/c1-9-5-4-6-10(2)14(9)18-15(19)12-8-17-11(3)7-13(12)16/h4-8H,1-3H3,(H,18,19). The van der Waals surface area contributed by atoms with Gasteiger partial charge in [-0.1, -0.05) is 29.8 Å². The van der Waals surface area contributed by atoms with Gasteiger partial charge in [0.15, 0.2) is 0 Å². The van der Waals surface area contributed by atoms with E-state index >= 15 is 0 Å². The van der Waals surface area contributed by atoms with Gasteiger partial charge in [0.05, 0.1) is 10.6 Å². The van der Waals surface area contributed by atoms with Gasteiger partial charge in [0.1, 0.15) is 0 Å². The Morgan fingerprint density at radius 1 is 1.21 bits per heavy atom. The Labute approximate surface area is 117 Å². The maximum atomic E-state index is 12.2. The van der Waals surface area contributed by atoms with Crippen LogP contribution in [0.15, 0.2) is 30.5 Å². The largest absolute Gasteiger partial charge is 0.321 e. The summed E-state index contributed by atoms with van der Waals surface area (Å²) in [6.07, 6.45) is 1.50. The fourth-order valence-corrected chi connectivity index (χ4v) is 2.18. The number of halogens is 1. The zero-order valence-corrected chi connectivity index (χ0v) is 11.9. The third-order valence-corrected chi connectivity index (χ3v) is 3.27. The monoisotopic (exact) mass is 274 g/mol. The summed E-state index contributed by atoms with van der Waals surface area (Å²) in [6, 6.07) is 7.55. The van der Waals surface area contributed by atoms with Gasteiger partial charge in [-0.05, 0) is 38.0 Å². The highest BCUT2D eigenvalue weighted by Crippen LogP contribution is 2.22. The maximum Gasteiger partial charge on any atom is 0.258 e. The van der Waals surface area contributed by atoms with Crippen molar-refractivity contribution in [2.75, 3.05) is 5.32 Å². The fraction of sp³-hybridized carbons (Fsp3) is 0.200. The predicted molar refractivity (Wildman–Crippen MR) is 77.9 cm³/mol. The van der Waals surface area contributed by atoms with Crippen molar-refractivity contribution in [3.05, 3.63) is 57.9 Å². The molecule has 1 amide bonds. The van der Waals surface area contributed by atoms with E-state index in [1.54, 1.807) is 6.07 Å². The highest BCUT2D eigenvalue weighted by molar-refractivity contribution is 6.34. The molecule has 1 aromatic heterocycles. The lowest BCUT2D eigenvalue weighted by Gasteiger charge is -2.12. The summed E-state index contributed by atoms with van der Waals surface area (Å²) < 4.78 is 0. The predicted octanol–water partition coefficient (Wildman–Crippen LogP) is 3.91. The van der Waals surface area contributed by atoms with Gasteiger partial charge in [0.2, 0.25) is 0 Å². The number of pyridine rings is 1. The lowest BCUT2D eigenvalue weighted by molar-refractivity contribution is 0.102. The first-order chi connectivity index (χ1) is 8.99. The average molecular weight is 275 g/mol. The topological polar surface area (TPSA) is 42.0 Å². The van der Waals surface area contributed by atoms with Crippen LogP contribution in [0.2, 0.25) is 5.02 Å². The number of benzene rings is 1. The maximum absolute atomic E-state index is 12.2. The minimum Gasteiger partial charge on any atom is -0.321 e. The molecule has 98 valence electrons. The van der Waals surface area contributed by atoms with Crippen molar-refractivity contribution in [1.82, 2.24) is 4.98 Å². The number of aryl methyl sites for hydroxylation is 3. The summed E-state index contributed by atoms with van der Waals surface area (Å²) in [5.41, 5.74) is 4.03. The molecule has 1 aromatic carbocycles. The second-order valence-corrected chi connectivity index (χ2v) is 4.93. The molecule has 2 rings (SSSR count). The summed E-state index contributed by atoms with van der Waals surface area (Å²) in [6.45, 7) is 5.74. The summed E-state index contributed by atoms with van der Waals surface area (Å²) in [5, 5.41) is 3.30. The van der Waals surface area contributed by atoms with E-state index in [-0.39, 0.29) is 5.91 Å². The van der Waals surface area contributed by atoms with Crippen LogP contribution in [0, 0.1) is 20.8 Å². The van der Waals surface area contributed by atoms with Crippen LogP contribution in [0.25, 0.3) is 0 Å². The number of rotatable bonds is 2. The minimum atomic E-state index is -0.241. The number of aromatic nitrogens is 1. The van der Waals surface area contributed by atoms with E-state index in [9.17, 15) is 4.79 Å². The Morgan fingerprint density at radius 3 is 2.42 bits per heavy atom. The molecule has 0 radical (unpaired) electrons. The molecule has 0 saturated heterocycles. The highest BCUT2D eigenvalue weighted by Gasteiger charge is 2.13. The SMILES string of the molecule is Cc1cc(Cl)c(C(=O)Nc2c(C)cccc2C)cn1. The zero-order valence-electron chi connectivity index (χ0n) is 11.1. The van der Waals surface area contributed by atoms with Crippen LogP contribution >= 0.6 is 11.6 Å². The van der Waals surface area contributed by atoms with Gasteiger partial charge in [-0.2, -0.15) is 0 Å². The first kappa shape index (κ1) is 13.6. The van der Waals surface area contributed by atoms with Crippen molar-refractivity contribution in [1.29, 1.82) is 0 Å². The number of nitrogens with one attached hydrogen (secondary N) is 1. The number of carbonyl (C=O) groups excluding carboxylic acids is 1. The van der Waals surface area contributed by atoms with Gasteiger partial charge >= 0.3 is 0 Å². The molecule has 0 bridgehead atoms. The molecule has 0 aliphatic carbocycles. The number of hydrogen-bond donors (Lipinski definition) is 1. The summed E-state index contributed by atoms with van der Waals surface area (Å²) in [5.74, 6) is -0.241. The van der Waals surface area contributed by atoms with Gasteiger partial charge in [-0.15, -0.1) is 0 Å². The van der Waals surface area contributed by atoms with E-state index < -0.39 is 0 Å². The molecule has 0 atom stereocenters. The molecule has 2 aromatic rings. The lowest BCUT2D eigenvalue weighted by Crippen LogP contribution is -2.14. The Hall–Kier alpha value is -1.87. The molecular weight excluding hydrogens is 260 g/mol. The van der Waals surface area contributed by atoms with E-state index in [0.29, 0.717) is 10.6 Å². The molecule has 19 heavy (non-hydrogen) atoms. The van der Waals surface area contributed by atoms with Gasteiger partial charge in [-0.3, -0.25) is 9.78 Å². The fourth-order valence-electron chi connectivity index (χ4n) is 1.89. The molecular formula is C15H15ClN2O. The molecule has 4 heteroatoms. The Bertz CT molecular complexity index is 618. The van der Waals surface area contributed by atoms with E-state index in [4.69, 9.17) is 11.6 Å². The molecule has 0 aliphatic rings. The molecule has 1 N–H and O–H groups in total. The number of nitrogens with zero attached hydrogens (tertiary/aromatic N) is 1. The molecule has 3 nitrogen and oxygen atoms in total. The van der Waals surface area contributed by atoms with E-state index in [0.717, 1.165) is 22.5 Å². The quantitative estimate of drug-likeness (QED) is 0.902. The number of anilines is 1. The van der Waals surface area contributed by atoms with Crippen molar-refractivity contribution < 1.29 is 4.79 Å². The Balaban J connectivity index is 2.31. The number of para-hydroxylation sites is 1. The lowest BCUT2D eigenvalue weighted by atomic mass is 10.1. The van der Waals surface area contributed by atoms with Gasteiger partial charge in [0, 0.05) is 17.6 Å². The van der Waals surface area contributed by atoms with Crippen LogP contribution in [-0.2, 0) is 0 Å². The normalized spacial score (nSPS) is 10.3. The van der Waals surface area contributed by atoms with Crippen molar-refractivity contribution in [2.45, 2.75) is 20.8 Å². The minimum absolute atomic E-state index is 0.241. The van der Waals surface area contributed by atoms with E-state index in [1.165, 1.54) is 6.20 Å². The number of amides is 1. The zero-order chi connectivity index (χ0) is 14.0. The van der Waals surface area contributed by atoms with Crippen LogP contribution in [0.5, 0.6) is 0 Å². The Morgan fingerprint density at radius 2 is 1.84 bits per heavy atom. The molecule has 0 spiro atoms. The van der Waals surface area contributed by atoms with Crippen LogP contribution in [0.4, 0.5) is 5.69 Å². The van der Waals surface area contributed by atoms with Gasteiger partial charge in [-0.25, -0.2) is 0 Å². The van der Waals surface area contributed by atoms with Crippen LogP contribution in [0.1, 0.15) is 27.2 Å². The molecule has 0 saturated carbocycles. The van der Waals surface area contributed by atoms with E-state index in [2.05, 4.69) is 10.3 Å². The first-order valence-corrected chi connectivity index (χ1v) is 6.36. The number of hydrogen-bond acceptors (Lipinski definition) is 2. The first-order valence-electron chi connectivity index (χ1n) is 5.98. The summed E-state index contributed by atoms with van der Waals surface area (Å²) in [7, 11) is 0. The van der Waals surface area contributed by atoms with Crippen molar-refractivity contribution in [3.63, 3.8) is 0 Å². The van der Waals surface area contributed by atoms with Crippen molar-refractivity contribution in [3.8, 4) is 0 Å². The Kier molecular flexibility index (Phi) is 3.86. The summed E-state index contributed by atoms with van der Waals surface area (Å²) >= 11 is 6.07. The molecule has 0 unspecified atom stereocenters. The van der Waals surface area contributed by atoms with Crippen LogP contribution in [-0.4, -0.2) is 10.9 Å². The van der Waals surface area contributed by atoms with Crippen LogP contribution < -0.4 is 5.32 Å². The van der Waals surface area contributed by atoms with Crippen molar-refractivity contribution in [2.24, 2.45) is 0 Å². The third kappa shape index (κ3) is 2.93. The van der Waals surface area contributed by atoms with E-state index in [1.807, 2.05) is 39.0 Å². The smallest absolute Gasteiger partial charge is 0.258 e. The van der Waals surface area contributed by atoms with Gasteiger partial charge < -0.3 is 5.32 Å². The van der Waals surface area contributed by atoms with Crippen molar-refractivity contribution >= 4 is 23.2 Å². The molecule has 0 aliphatic heterocycles. The second kappa shape index (κ2) is 5.41. The van der Waals surface area contributed by atoms with Gasteiger partial charge in [0.25, 0.3) is 5.91 Å². The molecule has 0 fully saturated rings. The molecule has 1 heterocycles. The highest BCUT2D eigenvalue weighted by atomic mass is 35.5. The average Bonchev–Trinajstić information content (AvgIpc) is 2.33.